The monoisotopic (exact) mass is 286 g/mol. The van der Waals surface area contributed by atoms with Crippen LogP contribution in [0.4, 0.5) is 4.39 Å². The summed E-state index contributed by atoms with van der Waals surface area (Å²) in [5, 5.41) is 0.407. The number of hydrogen-bond donors (Lipinski definition) is 1. The lowest BCUT2D eigenvalue weighted by Crippen LogP contribution is -2.38. The van der Waals surface area contributed by atoms with E-state index in [1.807, 2.05) is 6.92 Å². The van der Waals surface area contributed by atoms with Crippen molar-refractivity contribution in [2.75, 3.05) is 26.2 Å². The van der Waals surface area contributed by atoms with E-state index in [1.165, 1.54) is 6.07 Å². The van der Waals surface area contributed by atoms with E-state index in [1.54, 1.807) is 12.1 Å². The SMILES string of the molecule is CC1CN(C(CN)c2ccc(Cl)cc2F)CCCO1. The van der Waals surface area contributed by atoms with Crippen LogP contribution in [0, 0.1) is 5.82 Å². The van der Waals surface area contributed by atoms with Gasteiger partial charge in [-0.2, -0.15) is 0 Å². The number of rotatable bonds is 3. The van der Waals surface area contributed by atoms with Gasteiger partial charge in [0.1, 0.15) is 5.82 Å². The van der Waals surface area contributed by atoms with E-state index in [-0.39, 0.29) is 18.0 Å². The molecular weight excluding hydrogens is 267 g/mol. The number of benzene rings is 1. The fraction of sp³-hybridized carbons (Fsp3) is 0.571. The van der Waals surface area contributed by atoms with Crippen molar-refractivity contribution in [3.8, 4) is 0 Å². The number of hydrogen-bond acceptors (Lipinski definition) is 3. The number of ether oxygens (including phenoxy) is 1. The standard InChI is InChI=1S/C14H20ClFN2O/c1-10-9-18(5-2-6-19-10)14(8-17)12-4-3-11(15)7-13(12)16/h3-4,7,10,14H,2,5-6,8-9,17H2,1H3. The maximum atomic E-state index is 14.0. The summed E-state index contributed by atoms with van der Waals surface area (Å²) in [6.07, 6.45) is 1.09. The molecule has 0 saturated carbocycles. The Hall–Kier alpha value is -0.680. The van der Waals surface area contributed by atoms with Crippen LogP contribution in [-0.2, 0) is 4.74 Å². The molecule has 1 aromatic carbocycles. The fourth-order valence-electron chi connectivity index (χ4n) is 2.55. The van der Waals surface area contributed by atoms with Crippen LogP contribution in [-0.4, -0.2) is 37.2 Å². The van der Waals surface area contributed by atoms with E-state index in [4.69, 9.17) is 22.1 Å². The summed E-state index contributed by atoms with van der Waals surface area (Å²) in [6.45, 7) is 4.80. The Morgan fingerprint density at radius 3 is 3.05 bits per heavy atom. The molecule has 1 heterocycles. The van der Waals surface area contributed by atoms with Crippen molar-refractivity contribution >= 4 is 11.6 Å². The van der Waals surface area contributed by atoms with Crippen LogP contribution >= 0.6 is 11.6 Å². The molecule has 1 saturated heterocycles. The molecule has 2 atom stereocenters. The van der Waals surface area contributed by atoms with Gasteiger partial charge in [-0.1, -0.05) is 17.7 Å². The molecule has 19 heavy (non-hydrogen) atoms. The Balaban J connectivity index is 2.22. The second-order valence-electron chi connectivity index (χ2n) is 4.95. The number of halogens is 2. The molecule has 1 fully saturated rings. The molecule has 2 unspecified atom stereocenters. The van der Waals surface area contributed by atoms with Crippen molar-refractivity contribution in [1.29, 1.82) is 0 Å². The first-order valence-corrected chi connectivity index (χ1v) is 7.00. The lowest BCUT2D eigenvalue weighted by Gasteiger charge is -2.31. The van der Waals surface area contributed by atoms with Gasteiger partial charge in [0.15, 0.2) is 0 Å². The molecule has 0 aromatic heterocycles. The Kier molecular flexibility index (Phi) is 5.16. The van der Waals surface area contributed by atoms with Gasteiger partial charge < -0.3 is 10.5 Å². The van der Waals surface area contributed by atoms with Crippen LogP contribution in [0.2, 0.25) is 5.02 Å². The molecule has 0 spiro atoms. The highest BCUT2D eigenvalue weighted by Crippen LogP contribution is 2.26. The summed E-state index contributed by atoms with van der Waals surface area (Å²) in [5.41, 5.74) is 6.47. The first-order valence-electron chi connectivity index (χ1n) is 6.62. The lowest BCUT2D eigenvalue weighted by molar-refractivity contribution is 0.0608. The summed E-state index contributed by atoms with van der Waals surface area (Å²) in [7, 11) is 0. The van der Waals surface area contributed by atoms with Gasteiger partial charge in [0, 0.05) is 36.8 Å². The van der Waals surface area contributed by atoms with Crippen LogP contribution in [0.3, 0.4) is 0 Å². The average molecular weight is 287 g/mol. The van der Waals surface area contributed by atoms with Gasteiger partial charge in [-0.25, -0.2) is 4.39 Å². The van der Waals surface area contributed by atoms with Gasteiger partial charge in [0.05, 0.1) is 12.1 Å². The zero-order chi connectivity index (χ0) is 13.8. The first kappa shape index (κ1) is 14.7. The third-order valence-corrected chi connectivity index (χ3v) is 3.70. The predicted octanol–water partition coefficient (Wildman–Crippen LogP) is 2.59. The minimum atomic E-state index is -0.291. The Morgan fingerprint density at radius 1 is 1.58 bits per heavy atom. The Bertz CT molecular complexity index is 430. The molecule has 5 heteroatoms. The van der Waals surface area contributed by atoms with Gasteiger partial charge in [0.2, 0.25) is 0 Å². The molecule has 2 rings (SSSR count). The molecule has 0 radical (unpaired) electrons. The zero-order valence-corrected chi connectivity index (χ0v) is 11.9. The zero-order valence-electron chi connectivity index (χ0n) is 11.1. The molecule has 106 valence electrons. The minimum Gasteiger partial charge on any atom is -0.377 e. The maximum Gasteiger partial charge on any atom is 0.129 e. The van der Waals surface area contributed by atoms with Crippen molar-refractivity contribution in [3.63, 3.8) is 0 Å². The van der Waals surface area contributed by atoms with Crippen LogP contribution in [0.5, 0.6) is 0 Å². The molecule has 0 amide bonds. The van der Waals surface area contributed by atoms with Crippen molar-refractivity contribution in [3.05, 3.63) is 34.6 Å². The highest BCUT2D eigenvalue weighted by molar-refractivity contribution is 6.30. The van der Waals surface area contributed by atoms with E-state index >= 15 is 0 Å². The van der Waals surface area contributed by atoms with E-state index in [0.717, 1.165) is 26.1 Å². The Labute approximate surface area is 118 Å². The molecule has 1 aliphatic heterocycles. The number of nitrogens with two attached hydrogens (primary N) is 1. The normalized spacial score (nSPS) is 23.1. The first-order chi connectivity index (χ1) is 9.11. The van der Waals surface area contributed by atoms with Crippen LogP contribution < -0.4 is 5.73 Å². The third-order valence-electron chi connectivity index (χ3n) is 3.47. The van der Waals surface area contributed by atoms with Crippen molar-refractivity contribution in [2.45, 2.75) is 25.5 Å². The smallest absolute Gasteiger partial charge is 0.129 e. The third kappa shape index (κ3) is 3.66. The minimum absolute atomic E-state index is 0.124. The summed E-state index contributed by atoms with van der Waals surface area (Å²) < 4.78 is 19.7. The van der Waals surface area contributed by atoms with Crippen molar-refractivity contribution in [2.24, 2.45) is 5.73 Å². The van der Waals surface area contributed by atoms with Gasteiger partial charge in [0.25, 0.3) is 0 Å². The van der Waals surface area contributed by atoms with E-state index in [2.05, 4.69) is 4.90 Å². The van der Waals surface area contributed by atoms with Gasteiger partial charge in [-0.15, -0.1) is 0 Å². The maximum absolute atomic E-state index is 14.0. The van der Waals surface area contributed by atoms with Crippen molar-refractivity contribution < 1.29 is 9.13 Å². The van der Waals surface area contributed by atoms with Crippen LogP contribution in [0.25, 0.3) is 0 Å². The van der Waals surface area contributed by atoms with Gasteiger partial charge in [-0.3, -0.25) is 4.90 Å². The summed E-state index contributed by atoms with van der Waals surface area (Å²) >= 11 is 5.80. The average Bonchev–Trinajstić information content (AvgIpc) is 2.58. The van der Waals surface area contributed by atoms with Crippen molar-refractivity contribution in [1.82, 2.24) is 4.90 Å². The van der Waals surface area contributed by atoms with Crippen LogP contribution in [0.15, 0.2) is 18.2 Å². The van der Waals surface area contributed by atoms with E-state index in [0.29, 0.717) is 17.1 Å². The second-order valence-corrected chi connectivity index (χ2v) is 5.38. The Morgan fingerprint density at radius 2 is 2.37 bits per heavy atom. The molecule has 0 aliphatic carbocycles. The predicted molar refractivity (Wildman–Crippen MR) is 74.8 cm³/mol. The summed E-state index contributed by atoms with van der Waals surface area (Å²) in [5.74, 6) is -0.291. The van der Waals surface area contributed by atoms with E-state index in [9.17, 15) is 4.39 Å². The number of nitrogens with zero attached hydrogens (tertiary/aromatic N) is 1. The fourth-order valence-corrected chi connectivity index (χ4v) is 2.71. The topological polar surface area (TPSA) is 38.5 Å². The molecule has 3 nitrogen and oxygen atoms in total. The van der Waals surface area contributed by atoms with Gasteiger partial charge in [-0.05, 0) is 25.5 Å². The summed E-state index contributed by atoms with van der Waals surface area (Å²) in [6, 6.07) is 4.66. The second kappa shape index (κ2) is 6.66. The van der Waals surface area contributed by atoms with Gasteiger partial charge >= 0.3 is 0 Å². The molecule has 2 N–H and O–H groups in total. The summed E-state index contributed by atoms with van der Waals surface area (Å²) in [4.78, 5) is 2.20. The molecule has 1 aliphatic rings. The van der Waals surface area contributed by atoms with E-state index < -0.39 is 0 Å². The largest absolute Gasteiger partial charge is 0.377 e. The molecule has 1 aromatic rings. The molecular formula is C14H20ClFN2O. The quantitative estimate of drug-likeness (QED) is 0.928. The van der Waals surface area contributed by atoms with Crippen LogP contribution in [0.1, 0.15) is 24.9 Å². The lowest BCUT2D eigenvalue weighted by atomic mass is 10.0. The molecule has 0 bridgehead atoms. The highest BCUT2D eigenvalue weighted by Gasteiger charge is 2.25. The highest BCUT2D eigenvalue weighted by atomic mass is 35.5.